The molecular weight excluding hydrogens is 366 g/mol. The highest BCUT2D eigenvalue weighted by Gasteiger charge is 2.09. The van der Waals surface area contributed by atoms with E-state index in [9.17, 15) is 4.79 Å². The molecule has 0 unspecified atom stereocenters. The zero-order valence-corrected chi connectivity index (χ0v) is 15.7. The summed E-state index contributed by atoms with van der Waals surface area (Å²) < 4.78 is 7.37. The van der Waals surface area contributed by atoms with Crippen LogP contribution in [0.5, 0.6) is 5.75 Å². The first-order valence-electron chi connectivity index (χ1n) is 8.67. The van der Waals surface area contributed by atoms with E-state index in [2.05, 4.69) is 20.8 Å². The number of nitrogens with one attached hydrogen (secondary N) is 1. The lowest BCUT2D eigenvalue weighted by molar-refractivity contribution is 0.0953. The fourth-order valence-corrected chi connectivity index (χ4v) is 2.79. The summed E-state index contributed by atoms with van der Waals surface area (Å²) in [5, 5.41) is 15.0. The number of benzene rings is 2. The SMILES string of the molecule is CCn1nnnc1COc1cccc(C(=O)NCCc2ccccc2Cl)c1. The van der Waals surface area contributed by atoms with Crippen LogP contribution in [0, 0.1) is 0 Å². The molecular formula is C19H20ClN5O2. The highest BCUT2D eigenvalue weighted by atomic mass is 35.5. The second kappa shape index (κ2) is 9.14. The number of hydrogen-bond donors (Lipinski definition) is 1. The Morgan fingerprint density at radius 1 is 1.22 bits per heavy atom. The molecule has 0 aliphatic carbocycles. The molecule has 0 aliphatic rings. The predicted molar refractivity (Wildman–Crippen MR) is 102 cm³/mol. The Morgan fingerprint density at radius 2 is 2.07 bits per heavy atom. The van der Waals surface area contributed by atoms with E-state index >= 15 is 0 Å². The average Bonchev–Trinajstić information content (AvgIpc) is 3.15. The Labute approximate surface area is 162 Å². The van der Waals surface area contributed by atoms with Crippen LogP contribution in [-0.2, 0) is 19.6 Å². The zero-order chi connectivity index (χ0) is 19.1. The van der Waals surface area contributed by atoms with Gasteiger partial charge in [-0.1, -0.05) is 35.9 Å². The van der Waals surface area contributed by atoms with Gasteiger partial charge < -0.3 is 10.1 Å². The van der Waals surface area contributed by atoms with Crippen LogP contribution in [0.15, 0.2) is 48.5 Å². The summed E-state index contributed by atoms with van der Waals surface area (Å²) in [5.74, 6) is 1.05. The number of amides is 1. The van der Waals surface area contributed by atoms with Crippen LogP contribution in [0.4, 0.5) is 0 Å². The minimum absolute atomic E-state index is 0.161. The molecule has 0 radical (unpaired) electrons. The topological polar surface area (TPSA) is 81.9 Å². The second-order valence-corrected chi connectivity index (χ2v) is 6.23. The monoisotopic (exact) mass is 385 g/mol. The number of aryl methyl sites for hydroxylation is 1. The van der Waals surface area contributed by atoms with E-state index in [0.717, 1.165) is 5.56 Å². The van der Waals surface area contributed by atoms with E-state index in [0.29, 0.717) is 41.7 Å². The predicted octanol–water partition coefficient (Wildman–Crippen LogP) is 2.90. The lowest BCUT2D eigenvalue weighted by atomic mass is 10.1. The van der Waals surface area contributed by atoms with Crippen molar-refractivity contribution in [3.63, 3.8) is 0 Å². The molecule has 0 aliphatic heterocycles. The maximum Gasteiger partial charge on any atom is 0.251 e. The molecule has 0 atom stereocenters. The van der Waals surface area contributed by atoms with E-state index in [-0.39, 0.29) is 12.5 Å². The Balaban J connectivity index is 1.54. The Bertz CT molecular complexity index is 912. The van der Waals surface area contributed by atoms with Crippen LogP contribution in [0.25, 0.3) is 0 Å². The van der Waals surface area contributed by atoms with Crippen LogP contribution in [0.1, 0.15) is 28.7 Å². The number of carbonyl (C=O) groups excluding carboxylic acids is 1. The normalized spacial score (nSPS) is 10.6. The molecule has 0 saturated carbocycles. The fourth-order valence-electron chi connectivity index (χ4n) is 2.56. The number of aromatic nitrogens is 4. The maximum atomic E-state index is 12.4. The highest BCUT2D eigenvalue weighted by molar-refractivity contribution is 6.31. The van der Waals surface area contributed by atoms with Crippen molar-refractivity contribution in [2.75, 3.05) is 6.54 Å². The lowest BCUT2D eigenvalue weighted by Crippen LogP contribution is -2.25. The van der Waals surface area contributed by atoms with Gasteiger partial charge in [0.15, 0.2) is 5.82 Å². The summed E-state index contributed by atoms with van der Waals surface area (Å²) >= 11 is 6.13. The molecule has 7 nitrogen and oxygen atoms in total. The number of rotatable bonds is 8. The molecule has 0 bridgehead atoms. The number of ether oxygens (including phenoxy) is 1. The van der Waals surface area contributed by atoms with E-state index in [4.69, 9.17) is 16.3 Å². The first-order valence-corrected chi connectivity index (χ1v) is 9.04. The minimum atomic E-state index is -0.161. The van der Waals surface area contributed by atoms with Crippen molar-refractivity contribution >= 4 is 17.5 Å². The molecule has 1 aromatic heterocycles. The van der Waals surface area contributed by atoms with Crippen LogP contribution in [0.3, 0.4) is 0 Å². The van der Waals surface area contributed by atoms with Gasteiger partial charge in [-0.2, -0.15) is 0 Å². The quantitative estimate of drug-likeness (QED) is 0.644. The molecule has 0 saturated heterocycles. The highest BCUT2D eigenvalue weighted by Crippen LogP contribution is 2.16. The summed E-state index contributed by atoms with van der Waals surface area (Å²) in [7, 11) is 0. The Kier molecular flexibility index (Phi) is 6.38. The summed E-state index contributed by atoms with van der Waals surface area (Å²) in [4.78, 5) is 12.4. The van der Waals surface area contributed by atoms with Crippen LogP contribution in [0.2, 0.25) is 5.02 Å². The molecule has 0 spiro atoms. The summed E-state index contributed by atoms with van der Waals surface area (Å²) in [6.07, 6.45) is 0.668. The fraction of sp³-hybridized carbons (Fsp3) is 0.263. The largest absolute Gasteiger partial charge is 0.486 e. The molecule has 3 aromatic rings. The number of halogens is 1. The smallest absolute Gasteiger partial charge is 0.251 e. The van der Waals surface area contributed by atoms with Gasteiger partial charge in [0.05, 0.1) is 0 Å². The number of carbonyl (C=O) groups is 1. The third-order valence-corrected chi connectivity index (χ3v) is 4.38. The first kappa shape index (κ1) is 18.8. The second-order valence-electron chi connectivity index (χ2n) is 5.82. The van der Waals surface area contributed by atoms with Crippen molar-refractivity contribution in [3.05, 3.63) is 70.5 Å². The van der Waals surface area contributed by atoms with E-state index < -0.39 is 0 Å². The lowest BCUT2D eigenvalue weighted by Gasteiger charge is -2.09. The molecule has 1 heterocycles. The minimum Gasteiger partial charge on any atom is -0.486 e. The van der Waals surface area contributed by atoms with Crippen molar-refractivity contribution in [1.82, 2.24) is 25.5 Å². The van der Waals surface area contributed by atoms with E-state index in [1.165, 1.54) is 0 Å². The van der Waals surface area contributed by atoms with Gasteiger partial charge in [0.25, 0.3) is 5.91 Å². The average molecular weight is 386 g/mol. The van der Waals surface area contributed by atoms with Crippen LogP contribution in [-0.4, -0.2) is 32.7 Å². The van der Waals surface area contributed by atoms with E-state index in [1.807, 2.05) is 31.2 Å². The van der Waals surface area contributed by atoms with E-state index in [1.54, 1.807) is 28.9 Å². The van der Waals surface area contributed by atoms with Gasteiger partial charge in [0.1, 0.15) is 12.4 Å². The molecule has 27 heavy (non-hydrogen) atoms. The van der Waals surface area contributed by atoms with Crippen molar-refractivity contribution in [2.45, 2.75) is 26.5 Å². The maximum absolute atomic E-state index is 12.4. The third kappa shape index (κ3) is 5.04. The molecule has 1 amide bonds. The van der Waals surface area contributed by atoms with Gasteiger partial charge in [0.2, 0.25) is 0 Å². The summed E-state index contributed by atoms with van der Waals surface area (Å²) in [6.45, 7) is 3.35. The summed E-state index contributed by atoms with van der Waals surface area (Å²) in [5.41, 5.74) is 1.53. The van der Waals surface area contributed by atoms with Gasteiger partial charge in [-0.05, 0) is 53.6 Å². The molecule has 3 rings (SSSR count). The van der Waals surface area contributed by atoms with Crippen molar-refractivity contribution < 1.29 is 9.53 Å². The van der Waals surface area contributed by atoms with Gasteiger partial charge in [-0.15, -0.1) is 5.10 Å². The number of tetrazole rings is 1. The number of hydrogen-bond acceptors (Lipinski definition) is 5. The summed E-state index contributed by atoms with van der Waals surface area (Å²) in [6, 6.07) is 14.6. The van der Waals surface area contributed by atoms with Gasteiger partial charge in [0, 0.05) is 23.7 Å². The Morgan fingerprint density at radius 3 is 2.89 bits per heavy atom. The molecule has 1 N–H and O–H groups in total. The molecule has 2 aromatic carbocycles. The van der Waals surface area contributed by atoms with Gasteiger partial charge in [-0.3, -0.25) is 4.79 Å². The van der Waals surface area contributed by atoms with Gasteiger partial charge >= 0.3 is 0 Å². The Hall–Kier alpha value is -2.93. The van der Waals surface area contributed by atoms with Crippen LogP contribution < -0.4 is 10.1 Å². The molecule has 140 valence electrons. The van der Waals surface area contributed by atoms with Crippen molar-refractivity contribution in [2.24, 2.45) is 0 Å². The zero-order valence-electron chi connectivity index (χ0n) is 14.9. The standard InChI is InChI=1S/C19H20ClN5O2/c1-2-25-18(22-23-24-25)13-27-16-8-5-7-15(12-16)19(26)21-11-10-14-6-3-4-9-17(14)20/h3-9,12H,2,10-11,13H2,1H3,(H,21,26). The molecule has 8 heteroatoms. The van der Waals surface area contributed by atoms with Crippen molar-refractivity contribution in [1.29, 1.82) is 0 Å². The third-order valence-electron chi connectivity index (χ3n) is 4.01. The molecule has 0 fully saturated rings. The first-order chi connectivity index (χ1) is 13.2. The van der Waals surface area contributed by atoms with Crippen LogP contribution >= 0.6 is 11.6 Å². The van der Waals surface area contributed by atoms with Crippen molar-refractivity contribution in [3.8, 4) is 5.75 Å². The van der Waals surface area contributed by atoms with Gasteiger partial charge in [-0.25, -0.2) is 4.68 Å². The number of nitrogens with zero attached hydrogens (tertiary/aromatic N) is 4.